The maximum absolute atomic E-state index is 6.14. The van der Waals surface area contributed by atoms with E-state index in [0.29, 0.717) is 17.5 Å². The van der Waals surface area contributed by atoms with Crippen molar-refractivity contribution in [1.82, 2.24) is 19.9 Å². The molecule has 210 valence electrons. The fourth-order valence-corrected chi connectivity index (χ4v) is 6.11. The zero-order valence-corrected chi connectivity index (χ0v) is 24.1. The topological polar surface area (TPSA) is 64.7 Å². The minimum atomic E-state index is 0.597. The molecule has 5 nitrogen and oxygen atoms in total. The van der Waals surface area contributed by atoms with Gasteiger partial charge in [0.05, 0.1) is 11.7 Å². The van der Waals surface area contributed by atoms with E-state index in [0.717, 1.165) is 66.0 Å². The number of aromatic nitrogens is 4. The molecule has 0 unspecified atom stereocenters. The molecule has 0 spiro atoms. The third kappa shape index (κ3) is 4.41. The molecule has 9 rings (SSSR count). The van der Waals surface area contributed by atoms with Gasteiger partial charge in [0.25, 0.3) is 0 Å². The summed E-state index contributed by atoms with van der Waals surface area (Å²) in [6, 6.07) is 47.7. The highest BCUT2D eigenvalue weighted by atomic mass is 16.3. The van der Waals surface area contributed by atoms with Crippen molar-refractivity contribution in [2.75, 3.05) is 0 Å². The molecule has 0 fully saturated rings. The van der Waals surface area contributed by atoms with E-state index in [2.05, 4.69) is 103 Å². The summed E-state index contributed by atoms with van der Waals surface area (Å²) >= 11 is 0. The molecule has 3 aromatic heterocycles. The minimum absolute atomic E-state index is 0.597. The number of rotatable bonds is 4. The second-order valence-corrected chi connectivity index (χ2v) is 11.1. The monoisotopic (exact) mass is 576 g/mol. The quantitative estimate of drug-likeness (QED) is 0.209. The third-order valence-electron chi connectivity index (χ3n) is 8.34. The van der Waals surface area contributed by atoms with Gasteiger partial charge >= 0.3 is 0 Å². The molecule has 0 radical (unpaired) electrons. The Balaban J connectivity index is 1.27. The van der Waals surface area contributed by atoms with Crippen LogP contribution in [0.15, 0.2) is 150 Å². The summed E-state index contributed by atoms with van der Waals surface area (Å²) in [6.07, 6.45) is 1.80. The zero-order valence-electron chi connectivity index (χ0n) is 24.1. The van der Waals surface area contributed by atoms with Gasteiger partial charge in [-0.3, -0.25) is 4.98 Å². The summed E-state index contributed by atoms with van der Waals surface area (Å²) in [5.41, 5.74) is 7.47. The van der Waals surface area contributed by atoms with Crippen LogP contribution < -0.4 is 0 Å². The number of nitrogens with zero attached hydrogens (tertiary/aromatic N) is 4. The second-order valence-electron chi connectivity index (χ2n) is 11.1. The number of benzene rings is 6. The van der Waals surface area contributed by atoms with Crippen molar-refractivity contribution in [3.05, 3.63) is 146 Å². The highest BCUT2D eigenvalue weighted by molar-refractivity contribution is 6.18. The largest absolute Gasteiger partial charge is 0.454 e. The predicted molar refractivity (Wildman–Crippen MR) is 182 cm³/mol. The van der Waals surface area contributed by atoms with Gasteiger partial charge in [-0.05, 0) is 58.3 Å². The molecule has 0 amide bonds. The van der Waals surface area contributed by atoms with Crippen LogP contribution in [0, 0.1) is 0 Å². The van der Waals surface area contributed by atoms with Gasteiger partial charge in [-0.25, -0.2) is 15.0 Å². The van der Waals surface area contributed by atoms with Gasteiger partial charge in [0, 0.05) is 32.8 Å². The summed E-state index contributed by atoms with van der Waals surface area (Å²) in [4.78, 5) is 19.9. The van der Waals surface area contributed by atoms with Crippen molar-refractivity contribution >= 4 is 43.6 Å². The number of hydrogen-bond acceptors (Lipinski definition) is 5. The van der Waals surface area contributed by atoms with E-state index in [-0.39, 0.29) is 0 Å². The Labute approximate surface area is 258 Å². The Morgan fingerprint density at radius 3 is 1.89 bits per heavy atom. The minimum Gasteiger partial charge on any atom is -0.454 e. The molecule has 0 aliphatic rings. The van der Waals surface area contributed by atoms with Gasteiger partial charge < -0.3 is 4.42 Å². The SMILES string of the molecule is c1ccc(-c2cccc(-c3nc(-c4ccc5ccccc5c4)nc(-c4ccc5ncc6oc7ccccc7c6c5c4)n3)c2)cc1. The van der Waals surface area contributed by atoms with Gasteiger partial charge in [0.2, 0.25) is 0 Å². The lowest BCUT2D eigenvalue weighted by atomic mass is 10.0. The van der Waals surface area contributed by atoms with Crippen LogP contribution in [0.25, 0.3) is 88.9 Å². The number of furan rings is 1. The highest BCUT2D eigenvalue weighted by Gasteiger charge is 2.16. The van der Waals surface area contributed by atoms with Crippen LogP contribution in [0.3, 0.4) is 0 Å². The number of para-hydroxylation sites is 1. The van der Waals surface area contributed by atoms with E-state index in [1.165, 1.54) is 5.39 Å². The summed E-state index contributed by atoms with van der Waals surface area (Å²) in [5, 5.41) is 5.40. The van der Waals surface area contributed by atoms with Crippen molar-refractivity contribution in [1.29, 1.82) is 0 Å². The standard InChI is InChI=1S/C40H24N4O/c1-2-9-25(10-3-1)28-13-8-14-29(21-28)38-42-39(30-18-17-26-11-4-5-12-27(26)22-30)44-40(43-38)31-19-20-34-33(23-31)37-32-15-6-7-16-35(32)45-36(37)24-41-34/h1-24H. The number of fused-ring (bicyclic) bond motifs is 6. The van der Waals surface area contributed by atoms with Gasteiger partial charge in [-0.2, -0.15) is 0 Å². The first-order chi connectivity index (χ1) is 22.3. The van der Waals surface area contributed by atoms with Crippen molar-refractivity contribution < 1.29 is 4.42 Å². The smallest absolute Gasteiger partial charge is 0.164 e. The Morgan fingerprint density at radius 1 is 0.400 bits per heavy atom. The summed E-state index contributed by atoms with van der Waals surface area (Å²) in [5.74, 6) is 1.84. The molecular formula is C40H24N4O. The molecule has 0 aliphatic carbocycles. The Hall–Kier alpha value is -6.20. The summed E-state index contributed by atoms with van der Waals surface area (Å²) < 4.78 is 6.14. The molecule has 0 bridgehead atoms. The lowest BCUT2D eigenvalue weighted by molar-refractivity contribution is 0.667. The fraction of sp³-hybridized carbons (Fsp3) is 0. The van der Waals surface area contributed by atoms with E-state index >= 15 is 0 Å². The van der Waals surface area contributed by atoms with E-state index in [9.17, 15) is 0 Å². The molecule has 0 atom stereocenters. The molecule has 5 heteroatoms. The molecule has 3 heterocycles. The summed E-state index contributed by atoms with van der Waals surface area (Å²) in [7, 11) is 0. The Bertz CT molecular complexity index is 2550. The first-order valence-electron chi connectivity index (χ1n) is 14.9. The first kappa shape index (κ1) is 25.3. The first-order valence-corrected chi connectivity index (χ1v) is 14.9. The molecule has 9 aromatic rings. The van der Waals surface area contributed by atoms with Crippen LogP contribution in [0.4, 0.5) is 0 Å². The average molecular weight is 577 g/mol. The van der Waals surface area contributed by atoms with Gasteiger partial charge in [0.15, 0.2) is 23.1 Å². The molecule has 0 N–H and O–H groups in total. The van der Waals surface area contributed by atoms with Gasteiger partial charge in [0.1, 0.15) is 5.58 Å². The summed E-state index contributed by atoms with van der Waals surface area (Å²) in [6.45, 7) is 0. The van der Waals surface area contributed by atoms with Crippen LogP contribution in [-0.2, 0) is 0 Å². The van der Waals surface area contributed by atoms with Crippen molar-refractivity contribution in [2.45, 2.75) is 0 Å². The third-order valence-corrected chi connectivity index (χ3v) is 8.34. The molecule has 0 saturated heterocycles. The lowest BCUT2D eigenvalue weighted by Crippen LogP contribution is -2.00. The number of pyridine rings is 1. The van der Waals surface area contributed by atoms with E-state index in [4.69, 9.17) is 24.4 Å². The van der Waals surface area contributed by atoms with Crippen molar-refractivity contribution in [3.63, 3.8) is 0 Å². The van der Waals surface area contributed by atoms with Crippen molar-refractivity contribution in [2.24, 2.45) is 0 Å². The molecular weight excluding hydrogens is 552 g/mol. The van der Waals surface area contributed by atoms with Gasteiger partial charge in [-0.1, -0.05) is 103 Å². The Kier molecular flexibility index (Phi) is 5.74. The molecule has 6 aromatic carbocycles. The molecule has 0 saturated carbocycles. The number of hydrogen-bond donors (Lipinski definition) is 0. The molecule has 0 aliphatic heterocycles. The maximum Gasteiger partial charge on any atom is 0.164 e. The van der Waals surface area contributed by atoms with E-state index in [1.54, 1.807) is 6.20 Å². The lowest BCUT2D eigenvalue weighted by Gasteiger charge is -2.11. The van der Waals surface area contributed by atoms with Crippen LogP contribution in [-0.4, -0.2) is 19.9 Å². The normalized spacial score (nSPS) is 11.6. The van der Waals surface area contributed by atoms with E-state index in [1.807, 2.05) is 36.4 Å². The van der Waals surface area contributed by atoms with E-state index < -0.39 is 0 Å². The highest BCUT2D eigenvalue weighted by Crippen LogP contribution is 2.36. The van der Waals surface area contributed by atoms with Crippen LogP contribution >= 0.6 is 0 Å². The zero-order chi connectivity index (χ0) is 29.7. The van der Waals surface area contributed by atoms with Crippen LogP contribution in [0.1, 0.15) is 0 Å². The fourth-order valence-electron chi connectivity index (χ4n) is 6.11. The van der Waals surface area contributed by atoms with Gasteiger partial charge in [-0.15, -0.1) is 0 Å². The van der Waals surface area contributed by atoms with Crippen LogP contribution in [0.2, 0.25) is 0 Å². The second kappa shape index (κ2) is 10.2. The van der Waals surface area contributed by atoms with Crippen molar-refractivity contribution in [3.8, 4) is 45.3 Å². The van der Waals surface area contributed by atoms with Crippen LogP contribution in [0.5, 0.6) is 0 Å². The Morgan fingerprint density at radius 2 is 1.04 bits per heavy atom. The predicted octanol–water partition coefficient (Wildman–Crippen LogP) is 10.1. The maximum atomic E-state index is 6.14. The molecule has 45 heavy (non-hydrogen) atoms. The average Bonchev–Trinajstić information content (AvgIpc) is 3.51.